The fourth-order valence-electron chi connectivity index (χ4n) is 2.23. The van der Waals surface area contributed by atoms with Gasteiger partial charge in [0.25, 0.3) is 5.56 Å². The normalized spacial score (nSPS) is 29.8. The zero-order chi connectivity index (χ0) is 15.8. The molecule has 10 heteroatoms. The molecule has 0 spiro atoms. The quantitative estimate of drug-likeness (QED) is 0.817. The van der Waals surface area contributed by atoms with Crippen LogP contribution < -0.4 is 11.2 Å². The lowest BCUT2D eigenvalue weighted by molar-refractivity contribution is -0.353. The Labute approximate surface area is 115 Å². The average Bonchev–Trinajstić information content (AvgIpc) is 2.65. The van der Waals surface area contributed by atoms with Crippen LogP contribution in [0.25, 0.3) is 0 Å². The lowest BCUT2D eigenvalue weighted by atomic mass is 10.0. The van der Waals surface area contributed by atoms with Gasteiger partial charge in [0.05, 0.1) is 12.7 Å². The van der Waals surface area contributed by atoms with Crippen LogP contribution in [-0.2, 0) is 9.47 Å². The van der Waals surface area contributed by atoms with E-state index >= 15 is 0 Å². The van der Waals surface area contributed by atoms with E-state index in [1.54, 1.807) is 0 Å². The summed E-state index contributed by atoms with van der Waals surface area (Å²) >= 11 is 0. The second-order valence-electron chi connectivity index (χ2n) is 4.65. The van der Waals surface area contributed by atoms with Gasteiger partial charge < -0.3 is 9.84 Å². The van der Waals surface area contributed by atoms with Gasteiger partial charge >= 0.3 is 12.1 Å². The van der Waals surface area contributed by atoms with Crippen molar-refractivity contribution in [3.63, 3.8) is 0 Å². The minimum Gasteiger partial charge on any atom is -0.394 e. The number of ether oxygens (including phenoxy) is 2. The Hall–Kier alpha value is -1.65. The van der Waals surface area contributed by atoms with Crippen molar-refractivity contribution in [2.24, 2.45) is 5.92 Å². The average molecular weight is 310 g/mol. The molecule has 0 aromatic carbocycles. The van der Waals surface area contributed by atoms with Crippen molar-refractivity contribution in [1.82, 2.24) is 9.55 Å². The molecule has 0 amide bonds. The first-order valence-corrected chi connectivity index (χ1v) is 6.05. The highest BCUT2D eigenvalue weighted by Crippen LogP contribution is 2.38. The molecular formula is C11H13F3N2O5. The van der Waals surface area contributed by atoms with Crippen molar-refractivity contribution in [1.29, 1.82) is 0 Å². The van der Waals surface area contributed by atoms with E-state index in [-0.39, 0.29) is 0 Å². The fourth-order valence-corrected chi connectivity index (χ4v) is 2.23. The monoisotopic (exact) mass is 310 g/mol. The number of aromatic nitrogens is 2. The zero-order valence-corrected chi connectivity index (χ0v) is 10.8. The van der Waals surface area contributed by atoms with Gasteiger partial charge in [-0.25, -0.2) is 4.79 Å². The first-order chi connectivity index (χ1) is 9.73. The smallest absolute Gasteiger partial charge is 0.394 e. The van der Waals surface area contributed by atoms with Crippen LogP contribution in [0.2, 0.25) is 0 Å². The fraction of sp³-hybridized carbons (Fsp3) is 0.636. The third-order valence-electron chi connectivity index (χ3n) is 3.27. The summed E-state index contributed by atoms with van der Waals surface area (Å²) in [5.41, 5.74) is -1.61. The van der Waals surface area contributed by atoms with E-state index in [1.807, 2.05) is 4.98 Å². The van der Waals surface area contributed by atoms with Crippen molar-refractivity contribution in [3.8, 4) is 0 Å². The summed E-state index contributed by atoms with van der Waals surface area (Å²) in [7, 11) is 0. The van der Waals surface area contributed by atoms with Crippen LogP contribution in [0.4, 0.5) is 13.2 Å². The number of nitrogens with one attached hydrogen (secondary N) is 1. The maximum atomic E-state index is 12.5. The molecular weight excluding hydrogens is 297 g/mol. The number of H-pyrrole nitrogens is 1. The zero-order valence-electron chi connectivity index (χ0n) is 10.8. The Morgan fingerprint density at radius 3 is 2.67 bits per heavy atom. The molecule has 1 aromatic rings. The van der Waals surface area contributed by atoms with Crippen LogP contribution in [-0.4, -0.2) is 39.8 Å². The van der Waals surface area contributed by atoms with Crippen LogP contribution in [0.5, 0.6) is 0 Å². The van der Waals surface area contributed by atoms with E-state index in [2.05, 4.69) is 4.74 Å². The van der Waals surface area contributed by atoms with Gasteiger partial charge in [-0.2, -0.15) is 0 Å². The molecule has 21 heavy (non-hydrogen) atoms. The molecule has 1 saturated heterocycles. The molecule has 1 aromatic heterocycles. The number of aliphatic hydroxyl groups is 1. The van der Waals surface area contributed by atoms with Gasteiger partial charge in [-0.3, -0.25) is 19.1 Å². The predicted octanol–water partition coefficient (Wildman–Crippen LogP) is -0.0326. The van der Waals surface area contributed by atoms with Crippen molar-refractivity contribution in [3.05, 3.63) is 33.1 Å². The lowest BCUT2D eigenvalue weighted by Crippen LogP contribution is -2.39. The molecule has 1 fully saturated rings. The molecule has 0 aliphatic carbocycles. The van der Waals surface area contributed by atoms with E-state index in [4.69, 9.17) is 9.84 Å². The number of hydrogen-bond acceptors (Lipinski definition) is 5. The van der Waals surface area contributed by atoms with Gasteiger partial charge in [0, 0.05) is 18.2 Å². The first-order valence-electron chi connectivity index (χ1n) is 6.05. The van der Waals surface area contributed by atoms with Crippen molar-refractivity contribution in [2.75, 3.05) is 6.61 Å². The van der Waals surface area contributed by atoms with Crippen molar-refractivity contribution in [2.45, 2.75) is 31.7 Å². The molecule has 0 bridgehead atoms. The van der Waals surface area contributed by atoms with Crippen LogP contribution in [0, 0.1) is 5.92 Å². The minimum absolute atomic E-state index is 0.520. The Bertz CT molecular complexity index is 611. The SMILES string of the molecule is C[C@H]1[C@@H](OC(F)(F)F)[C@H](n2ccc(=O)[nH]c2=O)O[C@@H]1CO. The van der Waals surface area contributed by atoms with E-state index in [0.717, 1.165) is 16.8 Å². The van der Waals surface area contributed by atoms with Crippen molar-refractivity contribution < 1.29 is 27.8 Å². The second-order valence-corrected chi connectivity index (χ2v) is 4.65. The number of aromatic amines is 1. The summed E-state index contributed by atoms with van der Waals surface area (Å²) in [4.78, 5) is 24.6. The van der Waals surface area contributed by atoms with E-state index < -0.39 is 48.6 Å². The highest BCUT2D eigenvalue weighted by Gasteiger charge is 2.49. The Morgan fingerprint density at radius 1 is 1.48 bits per heavy atom. The molecule has 118 valence electrons. The summed E-state index contributed by atoms with van der Waals surface area (Å²) in [6.07, 6.45) is -7.74. The summed E-state index contributed by atoms with van der Waals surface area (Å²) in [5, 5.41) is 9.12. The minimum atomic E-state index is -4.92. The highest BCUT2D eigenvalue weighted by atomic mass is 19.4. The Balaban J connectivity index is 2.38. The van der Waals surface area contributed by atoms with Gasteiger partial charge in [-0.1, -0.05) is 6.92 Å². The summed E-state index contributed by atoms with van der Waals surface area (Å²) < 4.78 is 47.5. The summed E-state index contributed by atoms with van der Waals surface area (Å²) in [5.74, 6) is -0.805. The molecule has 1 aliphatic rings. The van der Waals surface area contributed by atoms with Crippen LogP contribution >= 0.6 is 0 Å². The Kier molecular flexibility index (Phi) is 4.21. The molecule has 0 radical (unpaired) electrons. The molecule has 2 N–H and O–H groups in total. The standard InChI is InChI=1S/C11H13F3N2O5/c1-5-6(4-17)20-9(8(5)21-11(12,13)14)16-3-2-7(18)15-10(16)19/h2-3,5-6,8-9,17H,4H2,1H3,(H,15,18,19)/t5-,6-,8-,9-/m1/s1. The number of alkyl halides is 3. The number of halogens is 3. The van der Waals surface area contributed by atoms with E-state index in [0.29, 0.717) is 0 Å². The van der Waals surface area contributed by atoms with E-state index in [1.165, 1.54) is 6.92 Å². The summed E-state index contributed by atoms with van der Waals surface area (Å²) in [6, 6.07) is 0.979. The maximum Gasteiger partial charge on any atom is 0.522 e. The first kappa shape index (κ1) is 15.7. The number of nitrogens with zero attached hydrogens (tertiary/aromatic N) is 1. The third-order valence-corrected chi connectivity index (χ3v) is 3.27. The number of hydrogen-bond donors (Lipinski definition) is 2. The van der Waals surface area contributed by atoms with Gasteiger partial charge in [0.15, 0.2) is 6.23 Å². The largest absolute Gasteiger partial charge is 0.522 e. The number of rotatable bonds is 3. The van der Waals surface area contributed by atoms with E-state index in [9.17, 15) is 22.8 Å². The van der Waals surface area contributed by atoms with Crippen LogP contribution in [0.1, 0.15) is 13.2 Å². The number of aliphatic hydroxyl groups excluding tert-OH is 1. The molecule has 7 nitrogen and oxygen atoms in total. The molecule has 0 saturated carbocycles. The molecule has 2 heterocycles. The second kappa shape index (κ2) is 5.62. The Morgan fingerprint density at radius 2 is 2.14 bits per heavy atom. The van der Waals surface area contributed by atoms with Crippen molar-refractivity contribution >= 4 is 0 Å². The van der Waals surface area contributed by atoms with Crippen LogP contribution in [0.3, 0.4) is 0 Å². The van der Waals surface area contributed by atoms with Crippen LogP contribution in [0.15, 0.2) is 21.9 Å². The highest BCUT2D eigenvalue weighted by molar-refractivity contribution is 4.92. The van der Waals surface area contributed by atoms with Gasteiger partial charge in [-0.05, 0) is 0 Å². The predicted molar refractivity (Wildman–Crippen MR) is 62.4 cm³/mol. The maximum absolute atomic E-state index is 12.5. The van der Waals surface area contributed by atoms with Gasteiger partial charge in [0.2, 0.25) is 0 Å². The molecule has 1 aliphatic heterocycles. The van der Waals surface area contributed by atoms with Gasteiger partial charge in [0.1, 0.15) is 6.10 Å². The third kappa shape index (κ3) is 3.34. The molecule has 0 unspecified atom stereocenters. The molecule has 2 rings (SSSR count). The van der Waals surface area contributed by atoms with Gasteiger partial charge in [-0.15, -0.1) is 13.2 Å². The summed E-state index contributed by atoms with van der Waals surface area (Å²) in [6.45, 7) is 0.890. The topological polar surface area (TPSA) is 93.6 Å². The molecule has 4 atom stereocenters. The lowest BCUT2D eigenvalue weighted by Gasteiger charge is -2.23.